The van der Waals surface area contributed by atoms with Crippen LogP contribution < -0.4 is 0 Å². The topological polar surface area (TPSA) is 30.3 Å². The molecular weight excluding hydrogens is 310 g/mol. The summed E-state index contributed by atoms with van der Waals surface area (Å²) in [6.07, 6.45) is 7.66. The van der Waals surface area contributed by atoms with Gasteiger partial charge in [0.2, 0.25) is 0 Å². The zero-order valence-corrected chi connectivity index (χ0v) is 15.8. The standard InChI is InChI=1S/C21H31N3O/c1-4-25-17-21(11-10-19-8-6-5-7-9-19)12-13-24(16-21)18(2)20-14-22-23(3)15-20/h5-9,14-15,18H,4,10-13,16-17H2,1-3H3. The zero-order valence-electron chi connectivity index (χ0n) is 15.8. The Morgan fingerprint density at radius 2 is 2.08 bits per heavy atom. The van der Waals surface area contributed by atoms with Crippen LogP contribution in [-0.4, -0.2) is 41.0 Å². The van der Waals surface area contributed by atoms with Crippen LogP contribution in [0, 0.1) is 5.41 Å². The number of rotatable bonds is 8. The molecule has 2 unspecified atom stereocenters. The van der Waals surface area contributed by atoms with E-state index >= 15 is 0 Å². The third-order valence-electron chi connectivity index (χ3n) is 5.62. The van der Waals surface area contributed by atoms with Crippen LogP contribution in [-0.2, 0) is 18.2 Å². The maximum Gasteiger partial charge on any atom is 0.0537 e. The fourth-order valence-corrected chi connectivity index (χ4v) is 3.93. The third-order valence-corrected chi connectivity index (χ3v) is 5.62. The van der Waals surface area contributed by atoms with E-state index in [0.29, 0.717) is 6.04 Å². The highest BCUT2D eigenvalue weighted by molar-refractivity contribution is 5.16. The van der Waals surface area contributed by atoms with Gasteiger partial charge in [-0.25, -0.2) is 0 Å². The Labute approximate surface area is 151 Å². The summed E-state index contributed by atoms with van der Waals surface area (Å²) < 4.78 is 7.80. The van der Waals surface area contributed by atoms with Crippen molar-refractivity contribution in [2.24, 2.45) is 12.5 Å². The first kappa shape index (κ1) is 18.2. The van der Waals surface area contributed by atoms with E-state index in [1.54, 1.807) is 0 Å². The second-order valence-electron chi connectivity index (χ2n) is 7.47. The molecule has 1 aromatic carbocycles. The van der Waals surface area contributed by atoms with Gasteiger partial charge in [-0.05, 0) is 45.2 Å². The fourth-order valence-electron chi connectivity index (χ4n) is 3.93. The first-order valence-electron chi connectivity index (χ1n) is 9.46. The summed E-state index contributed by atoms with van der Waals surface area (Å²) in [7, 11) is 1.99. The largest absolute Gasteiger partial charge is 0.381 e. The normalized spacial score (nSPS) is 22.4. The minimum atomic E-state index is 0.266. The third kappa shape index (κ3) is 4.50. The first-order chi connectivity index (χ1) is 12.1. The van der Waals surface area contributed by atoms with E-state index in [1.807, 2.05) is 17.9 Å². The van der Waals surface area contributed by atoms with E-state index < -0.39 is 0 Å². The predicted octanol–water partition coefficient (Wildman–Crippen LogP) is 3.84. The summed E-state index contributed by atoms with van der Waals surface area (Å²) in [4.78, 5) is 2.60. The van der Waals surface area contributed by atoms with Gasteiger partial charge in [0, 0.05) is 43.4 Å². The number of nitrogens with zero attached hydrogens (tertiary/aromatic N) is 3. The lowest BCUT2D eigenvalue weighted by Crippen LogP contribution is -2.33. The molecule has 136 valence electrons. The molecule has 2 aromatic rings. The van der Waals surface area contributed by atoms with Gasteiger partial charge in [0.05, 0.1) is 12.8 Å². The van der Waals surface area contributed by atoms with Crippen molar-refractivity contribution in [1.82, 2.24) is 14.7 Å². The molecule has 4 nitrogen and oxygen atoms in total. The minimum Gasteiger partial charge on any atom is -0.381 e. The molecule has 0 bridgehead atoms. The first-order valence-corrected chi connectivity index (χ1v) is 9.46. The number of likely N-dealkylation sites (tertiary alicyclic amines) is 1. The average Bonchev–Trinajstić information content (AvgIpc) is 3.26. The summed E-state index contributed by atoms with van der Waals surface area (Å²) in [5.74, 6) is 0. The molecule has 0 amide bonds. The lowest BCUT2D eigenvalue weighted by atomic mass is 9.82. The molecule has 4 heteroatoms. The van der Waals surface area contributed by atoms with Crippen LogP contribution in [0.1, 0.15) is 43.9 Å². The summed E-state index contributed by atoms with van der Waals surface area (Å²) >= 11 is 0. The smallest absolute Gasteiger partial charge is 0.0537 e. The van der Waals surface area contributed by atoms with Crippen molar-refractivity contribution in [3.8, 4) is 0 Å². The van der Waals surface area contributed by atoms with Crippen molar-refractivity contribution in [3.05, 3.63) is 53.9 Å². The van der Waals surface area contributed by atoms with Crippen molar-refractivity contribution in [2.45, 2.75) is 39.2 Å². The SMILES string of the molecule is CCOCC1(CCc2ccccc2)CCN(C(C)c2cnn(C)c2)C1. The van der Waals surface area contributed by atoms with Gasteiger partial charge in [-0.15, -0.1) is 0 Å². The van der Waals surface area contributed by atoms with Crippen molar-refractivity contribution in [2.75, 3.05) is 26.3 Å². The van der Waals surface area contributed by atoms with E-state index in [0.717, 1.165) is 32.7 Å². The summed E-state index contributed by atoms with van der Waals surface area (Å²) in [6.45, 7) is 8.30. The maximum absolute atomic E-state index is 5.90. The Kier molecular flexibility index (Phi) is 5.92. The molecule has 1 fully saturated rings. The Balaban J connectivity index is 1.66. The van der Waals surface area contributed by atoms with Crippen LogP contribution in [0.4, 0.5) is 0 Å². The van der Waals surface area contributed by atoms with Gasteiger partial charge < -0.3 is 4.74 Å². The van der Waals surface area contributed by atoms with Crippen molar-refractivity contribution in [3.63, 3.8) is 0 Å². The number of hydrogen-bond donors (Lipinski definition) is 0. The lowest BCUT2D eigenvalue weighted by Gasteiger charge is -2.31. The molecule has 1 saturated heterocycles. The van der Waals surface area contributed by atoms with Gasteiger partial charge in [-0.3, -0.25) is 9.58 Å². The monoisotopic (exact) mass is 341 g/mol. The van der Waals surface area contributed by atoms with Gasteiger partial charge in [0.25, 0.3) is 0 Å². The van der Waals surface area contributed by atoms with Crippen LogP contribution in [0.15, 0.2) is 42.7 Å². The molecule has 0 aliphatic carbocycles. The van der Waals surface area contributed by atoms with Crippen molar-refractivity contribution in [1.29, 1.82) is 0 Å². The molecule has 0 N–H and O–H groups in total. The molecule has 0 radical (unpaired) electrons. The molecular formula is C21H31N3O. The predicted molar refractivity (Wildman–Crippen MR) is 102 cm³/mol. The van der Waals surface area contributed by atoms with Gasteiger partial charge in [0.15, 0.2) is 0 Å². The number of aryl methyl sites for hydroxylation is 2. The molecule has 1 aromatic heterocycles. The van der Waals surface area contributed by atoms with Crippen LogP contribution >= 0.6 is 0 Å². The lowest BCUT2D eigenvalue weighted by molar-refractivity contribution is 0.0466. The summed E-state index contributed by atoms with van der Waals surface area (Å²) in [5, 5.41) is 4.34. The minimum absolute atomic E-state index is 0.266. The molecule has 25 heavy (non-hydrogen) atoms. The highest BCUT2D eigenvalue weighted by Crippen LogP contribution is 2.39. The van der Waals surface area contributed by atoms with Crippen LogP contribution in [0.5, 0.6) is 0 Å². The fraction of sp³-hybridized carbons (Fsp3) is 0.571. The number of benzene rings is 1. The van der Waals surface area contributed by atoms with E-state index in [9.17, 15) is 0 Å². The Morgan fingerprint density at radius 3 is 2.76 bits per heavy atom. The van der Waals surface area contributed by atoms with E-state index in [2.05, 4.69) is 60.4 Å². The molecule has 0 spiro atoms. The van der Waals surface area contributed by atoms with Crippen LogP contribution in [0.25, 0.3) is 0 Å². The van der Waals surface area contributed by atoms with Crippen molar-refractivity contribution < 1.29 is 4.74 Å². The molecule has 2 heterocycles. The van der Waals surface area contributed by atoms with Gasteiger partial charge in [-0.1, -0.05) is 30.3 Å². The second kappa shape index (κ2) is 8.15. The second-order valence-corrected chi connectivity index (χ2v) is 7.47. The molecule has 1 aliphatic heterocycles. The molecule has 3 rings (SSSR count). The Hall–Kier alpha value is -1.65. The quantitative estimate of drug-likeness (QED) is 0.731. The van der Waals surface area contributed by atoms with E-state index in [-0.39, 0.29) is 5.41 Å². The highest BCUT2D eigenvalue weighted by atomic mass is 16.5. The van der Waals surface area contributed by atoms with Crippen molar-refractivity contribution >= 4 is 0 Å². The number of aromatic nitrogens is 2. The van der Waals surface area contributed by atoms with Crippen LogP contribution in [0.2, 0.25) is 0 Å². The highest BCUT2D eigenvalue weighted by Gasteiger charge is 2.39. The number of hydrogen-bond acceptors (Lipinski definition) is 3. The van der Waals surface area contributed by atoms with Gasteiger partial charge in [0.1, 0.15) is 0 Å². The zero-order chi connectivity index (χ0) is 17.7. The Morgan fingerprint density at radius 1 is 1.28 bits per heavy atom. The Bertz CT molecular complexity index is 654. The van der Waals surface area contributed by atoms with E-state index in [4.69, 9.17) is 4.74 Å². The van der Waals surface area contributed by atoms with E-state index in [1.165, 1.54) is 24.0 Å². The van der Waals surface area contributed by atoms with Gasteiger partial charge in [-0.2, -0.15) is 5.10 Å². The average molecular weight is 341 g/mol. The molecule has 2 atom stereocenters. The maximum atomic E-state index is 5.90. The number of ether oxygens (including phenoxy) is 1. The molecule has 1 aliphatic rings. The molecule has 0 saturated carbocycles. The van der Waals surface area contributed by atoms with Crippen LogP contribution in [0.3, 0.4) is 0 Å². The summed E-state index contributed by atoms with van der Waals surface area (Å²) in [6, 6.07) is 11.2. The van der Waals surface area contributed by atoms with Gasteiger partial charge >= 0.3 is 0 Å². The summed E-state index contributed by atoms with van der Waals surface area (Å²) in [5.41, 5.74) is 3.00.